The summed E-state index contributed by atoms with van der Waals surface area (Å²) in [4.78, 5) is 27.2. The second-order valence-corrected chi connectivity index (χ2v) is 6.89. The van der Waals surface area contributed by atoms with E-state index < -0.39 is 0 Å². The first-order chi connectivity index (χ1) is 12.4. The first-order valence-corrected chi connectivity index (χ1v) is 8.92. The Labute approximate surface area is 159 Å². The minimum atomic E-state index is -0.142. The summed E-state index contributed by atoms with van der Waals surface area (Å²) in [6.45, 7) is 2.46. The number of anilines is 1. The largest absolute Gasteiger partial charge is 0.334 e. The zero-order valence-corrected chi connectivity index (χ0v) is 16.1. The highest BCUT2D eigenvalue weighted by Gasteiger charge is 2.21. The predicted molar refractivity (Wildman–Crippen MR) is 104 cm³/mol. The van der Waals surface area contributed by atoms with Gasteiger partial charge in [0.25, 0.3) is 11.8 Å². The lowest BCUT2D eigenvalue weighted by Gasteiger charge is -2.26. The number of hydrogen-bond donors (Lipinski definition) is 2. The molecule has 0 aliphatic rings. The fourth-order valence-corrected chi connectivity index (χ4v) is 2.75. The van der Waals surface area contributed by atoms with Crippen LogP contribution in [0.15, 0.2) is 54.6 Å². The lowest BCUT2D eigenvalue weighted by atomic mass is 10.1. The molecular weight excluding hydrogens is 350 g/mol. The van der Waals surface area contributed by atoms with Crippen LogP contribution in [-0.2, 0) is 9.59 Å². The van der Waals surface area contributed by atoms with Gasteiger partial charge >= 0.3 is 0 Å². The number of benzene rings is 2. The maximum Gasteiger partial charge on any atom is 0.279 e. The molecule has 26 heavy (non-hydrogen) atoms. The van der Waals surface area contributed by atoms with Gasteiger partial charge in [-0.05, 0) is 36.8 Å². The minimum absolute atomic E-state index is 0.00172. The second-order valence-electron chi connectivity index (χ2n) is 6.46. The molecule has 2 N–H and O–H groups in total. The normalized spacial score (nSPS) is 12.9. The molecule has 1 unspecified atom stereocenters. The van der Waals surface area contributed by atoms with Gasteiger partial charge in [0.05, 0.1) is 13.1 Å². The van der Waals surface area contributed by atoms with Crippen LogP contribution in [0.5, 0.6) is 0 Å². The molecule has 0 aliphatic heterocycles. The average Bonchev–Trinajstić information content (AvgIpc) is 2.62. The number of amides is 2. The van der Waals surface area contributed by atoms with E-state index in [1.165, 1.54) is 0 Å². The van der Waals surface area contributed by atoms with Gasteiger partial charge in [-0.15, -0.1) is 0 Å². The topological polar surface area (TPSA) is 53.9 Å². The number of rotatable bonds is 7. The lowest BCUT2D eigenvalue weighted by Crippen LogP contribution is -3.11. The van der Waals surface area contributed by atoms with Gasteiger partial charge in [-0.2, -0.15) is 0 Å². The van der Waals surface area contributed by atoms with Gasteiger partial charge in [-0.3, -0.25) is 9.59 Å². The van der Waals surface area contributed by atoms with Crippen LogP contribution in [-0.4, -0.2) is 43.9 Å². The highest BCUT2D eigenvalue weighted by atomic mass is 35.5. The first kappa shape index (κ1) is 19.9. The van der Waals surface area contributed by atoms with Crippen LogP contribution in [0.3, 0.4) is 0 Å². The fraction of sp³-hybridized carbons (Fsp3) is 0.300. The van der Waals surface area contributed by atoms with Crippen molar-refractivity contribution in [2.45, 2.75) is 13.0 Å². The van der Waals surface area contributed by atoms with Crippen molar-refractivity contribution < 1.29 is 14.5 Å². The number of carbonyl (C=O) groups is 2. The summed E-state index contributed by atoms with van der Waals surface area (Å²) in [5.74, 6) is -0.144. The average molecular weight is 375 g/mol. The maximum absolute atomic E-state index is 12.5. The van der Waals surface area contributed by atoms with Crippen molar-refractivity contribution in [3.8, 4) is 0 Å². The number of nitrogens with one attached hydrogen (secondary N) is 2. The number of carbonyl (C=O) groups excluding carboxylic acids is 2. The number of likely N-dealkylation sites (N-methyl/N-ethyl adjacent to an activating group) is 2. The lowest BCUT2D eigenvalue weighted by molar-refractivity contribution is -0.862. The van der Waals surface area contributed by atoms with Gasteiger partial charge in [0, 0.05) is 17.8 Å². The Morgan fingerprint density at radius 1 is 1.08 bits per heavy atom. The zero-order chi connectivity index (χ0) is 19.1. The van der Waals surface area contributed by atoms with E-state index in [1.807, 2.05) is 44.3 Å². The summed E-state index contributed by atoms with van der Waals surface area (Å²) < 4.78 is 0. The highest BCUT2D eigenvalue weighted by molar-refractivity contribution is 6.30. The molecule has 0 bridgehead atoms. The van der Waals surface area contributed by atoms with Crippen molar-refractivity contribution in [2.24, 2.45) is 0 Å². The van der Waals surface area contributed by atoms with Gasteiger partial charge < -0.3 is 15.1 Å². The van der Waals surface area contributed by atoms with E-state index in [4.69, 9.17) is 11.6 Å². The van der Waals surface area contributed by atoms with Crippen LogP contribution in [0.25, 0.3) is 0 Å². The Hall–Kier alpha value is -2.37. The third-order valence-electron chi connectivity index (χ3n) is 4.30. The molecule has 2 aromatic carbocycles. The van der Waals surface area contributed by atoms with Gasteiger partial charge in [-0.1, -0.05) is 41.9 Å². The molecule has 0 fully saturated rings. The van der Waals surface area contributed by atoms with Gasteiger partial charge in [0.15, 0.2) is 13.1 Å². The number of nitrogens with zero attached hydrogens (tertiary/aromatic N) is 1. The third kappa shape index (κ3) is 5.86. The maximum atomic E-state index is 12.5. The van der Waals surface area contributed by atoms with Crippen molar-refractivity contribution in [3.63, 3.8) is 0 Å². The van der Waals surface area contributed by atoms with Gasteiger partial charge in [-0.25, -0.2) is 0 Å². The number of hydrogen-bond acceptors (Lipinski definition) is 2. The van der Waals surface area contributed by atoms with E-state index in [0.29, 0.717) is 10.7 Å². The monoisotopic (exact) mass is 374 g/mol. The van der Waals surface area contributed by atoms with Crippen LogP contribution in [0.2, 0.25) is 5.02 Å². The molecule has 2 aromatic rings. The summed E-state index contributed by atoms with van der Waals surface area (Å²) >= 11 is 5.83. The van der Waals surface area contributed by atoms with Crippen LogP contribution in [0.4, 0.5) is 5.69 Å². The quantitative estimate of drug-likeness (QED) is 0.779. The zero-order valence-electron chi connectivity index (χ0n) is 15.3. The summed E-state index contributed by atoms with van der Waals surface area (Å²) in [5, 5.41) is 3.43. The predicted octanol–water partition coefficient (Wildman–Crippen LogP) is 2.01. The van der Waals surface area contributed by atoms with Crippen LogP contribution in [0, 0.1) is 0 Å². The molecule has 0 saturated heterocycles. The summed E-state index contributed by atoms with van der Waals surface area (Å²) in [6, 6.07) is 16.8. The SMILES string of the molecule is C[C@@H](c1ccccc1)N(C)C(=O)C[NH+](C)CC(=O)Nc1ccc(Cl)cc1. The van der Waals surface area contributed by atoms with E-state index in [1.54, 1.807) is 36.2 Å². The van der Waals surface area contributed by atoms with Crippen LogP contribution >= 0.6 is 11.6 Å². The van der Waals surface area contributed by atoms with Crippen molar-refractivity contribution in [2.75, 3.05) is 32.5 Å². The van der Waals surface area contributed by atoms with E-state index in [-0.39, 0.29) is 30.9 Å². The Bertz CT molecular complexity index is 734. The standard InChI is InChI=1S/C20H24ClN3O2/c1-15(16-7-5-4-6-8-16)24(3)20(26)14-23(2)13-19(25)22-18-11-9-17(21)10-12-18/h4-12,15H,13-14H2,1-3H3,(H,22,25)/p+1/t15-/m0/s1. The van der Waals surface area contributed by atoms with Crippen LogP contribution < -0.4 is 10.2 Å². The summed E-state index contributed by atoms with van der Waals surface area (Å²) in [7, 11) is 3.63. The molecule has 6 heteroatoms. The molecule has 5 nitrogen and oxygen atoms in total. The minimum Gasteiger partial charge on any atom is -0.334 e. The molecule has 0 heterocycles. The molecule has 2 atom stereocenters. The third-order valence-corrected chi connectivity index (χ3v) is 4.55. The molecule has 138 valence electrons. The second kappa shape index (κ2) is 9.36. The van der Waals surface area contributed by atoms with Crippen molar-refractivity contribution in [1.82, 2.24) is 4.90 Å². The Morgan fingerprint density at radius 2 is 1.69 bits per heavy atom. The molecule has 0 aliphatic carbocycles. The molecule has 2 amide bonds. The Kier molecular flexibility index (Phi) is 7.18. The van der Waals surface area contributed by atoms with E-state index in [2.05, 4.69) is 5.32 Å². The molecule has 0 aromatic heterocycles. The number of halogens is 1. The van der Waals surface area contributed by atoms with E-state index in [9.17, 15) is 9.59 Å². The Morgan fingerprint density at radius 3 is 2.31 bits per heavy atom. The summed E-state index contributed by atoms with van der Waals surface area (Å²) in [5.41, 5.74) is 1.77. The summed E-state index contributed by atoms with van der Waals surface area (Å²) in [6.07, 6.45) is 0. The molecule has 0 radical (unpaired) electrons. The smallest absolute Gasteiger partial charge is 0.279 e. The molecular formula is C20H25ClN3O2+. The van der Waals surface area contributed by atoms with E-state index in [0.717, 1.165) is 10.5 Å². The van der Waals surface area contributed by atoms with Crippen molar-refractivity contribution >= 4 is 29.1 Å². The highest BCUT2D eigenvalue weighted by Crippen LogP contribution is 2.17. The van der Waals surface area contributed by atoms with Crippen molar-refractivity contribution in [1.29, 1.82) is 0 Å². The molecule has 0 saturated carbocycles. The van der Waals surface area contributed by atoms with Gasteiger partial charge in [0.2, 0.25) is 0 Å². The number of quaternary nitrogens is 1. The fourth-order valence-electron chi connectivity index (χ4n) is 2.63. The van der Waals surface area contributed by atoms with Crippen LogP contribution in [0.1, 0.15) is 18.5 Å². The first-order valence-electron chi connectivity index (χ1n) is 8.54. The molecule has 2 rings (SSSR count). The van der Waals surface area contributed by atoms with Gasteiger partial charge in [0.1, 0.15) is 0 Å². The van der Waals surface area contributed by atoms with E-state index >= 15 is 0 Å². The molecule has 0 spiro atoms. The van der Waals surface area contributed by atoms with Crippen molar-refractivity contribution in [3.05, 3.63) is 65.2 Å². The Balaban J connectivity index is 1.84.